The van der Waals surface area contributed by atoms with Gasteiger partial charge in [0.05, 0.1) is 6.61 Å². The van der Waals surface area contributed by atoms with Crippen LogP contribution in [0.3, 0.4) is 0 Å². The van der Waals surface area contributed by atoms with Crippen LogP contribution in [0.25, 0.3) is 0 Å². The zero-order valence-electron chi connectivity index (χ0n) is 8.93. The van der Waals surface area contributed by atoms with Crippen LogP contribution in [0, 0.1) is 5.92 Å². The normalized spacial score (nSPS) is 31.2. The molecular formula is C11H20OS. The Morgan fingerprint density at radius 2 is 2.23 bits per heavy atom. The molecule has 0 amide bonds. The molecule has 76 valence electrons. The number of hydrogen-bond acceptors (Lipinski definition) is 2. The lowest BCUT2D eigenvalue weighted by atomic mass is 9.93. The number of thioether (sulfide) groups is 1. The van der Waals surface area contributed by atoms with Gasteiger partial charge in [-0.25, -0.2) is 0 Å². The van der Waals surface area contributed by atoms with E-state index in [-0.39, 0.29) is 0 Å². The third kappa shape index (κ3) is 3.35. The Bertz CT molecular complexity index is 187. The predicted molar refractivity (Wildman–Crippen MR) is 60.3 cm³/mol. The van der Waals surface area contributed by atoms with Gasteiger partial charge in [0.15, 0.2) is 0 Å². The van der Waals surface area contributed by atoms with Gasteiger partial charge >= 0.3 is 0 Å². The van der Waals surface area contributed by atoms with Gasteiger partial charge in [0.25, 0.3) is 0 Å². The summed E-state index contributed by atoms with van der Waals surface area (Å²) in [7, 11) is 0. The smallest absolute Gasteiger partial charge is 0.0503 e. The molecular weight excluding hydrogens is 180 g/mol. The molecule has 0 fully saturated rings. The van der Waals surface area contributed by atoms with Crippen molar-refractivity contribution in [1.29, 1.82) is 0 Å². The fourth-order valence-corrected chi connectivity index (χ4v) is 2.40. The van der Waals surface area contributed by atoms with Gasteiger partial charge in [0, 0.05) is 12.4 Å². The Morgan fingerprint density at radius 1 is 1.46 bits per heavy atom. The zero-order chi connectivity index (χ0) is 9.68. The fraction of sp³-hybridized carbons (Fsp3) is 0.818. The van der Waals surface area contributed by atoms with Crippen molar-refractivity contribution in [3.63, 3.8) is 0 Å². The second kappa shape index (κ2) is 5.71. The third-order valence-electron chi connectivity index (χ3n) is 2.86. The number of allylic oxidation sites excluding steroid dienone is 1. The van der Waals surface area contributed by atoms with Crippen LogP contribution in [-0.4, -0.2) is 25.2 Å². The highest BCUT2D eigenvalue weighted by Crippen LogP contribution is 2.24. The van der Waals surface area contributed by atoms with Crippen LogP contribution < -0.4 is 0 Å². The van der Waals surface area contributed by atoms with Gasteiger partial charge in [-0.05, 0) is 31.9 Å². The first-order valence-corrected chi connectivity index (χ1v) is 6.40. The first kappa shape index (κ1) is 11.1. The van der Waals surface area contributed by atoms with Crippen LogP contribution >= 0.6 is 11.8 Å². The third-order valence-corrected chi connectivity index (χ3v) is 3.50. The Kier molecular flexibility index (Phi) is 4.89. The number of ether oxygens (including phenoxy) is 1. The van der Waals surface area contributed by atoms with E-state index in [9.17, 15) is 0 Å². The van der Waals surface area contributed by atoms with Gasteiger partial charge in [-0.2, -0.15) is 11.8 Å². The van der Waals surface area contributed by atoms with E-state index in [1.165, 1.54) is 12.2 Å². The lowest BCUT2D eigenvalue weighted by molar-refractivity contribution is 0.123. The average molecular weight is 200 g/mol. The maximum atomic E-state index is 5.53. The Balaban J connectivity index is 2.68. The molecule has 1 heterocycles. The molecule has 0 aromatic carbocycles. The minimum absolute atomic E-state index is 0.711. The van der Waals surface area contributed by atoms with Crippen molar-refractivity contribution in [3.05, 3.63) is 11.1 Å². The lowest BCUT2D eigenvalue weighted by Gasteiger charge is -2.21. The molecule has 1 aliphatic rings. The zero-order valence-corrected chi connectivity index (χ0v) is 9.75. The first-order chi connectivity index (χ1) is 6.25. The van der Waals surface area contributed by atoms with Crippen LogP contribution in [0.5, 0.6) is 0 Å². The van der Waals surface area contributed by atoms with E-state index < -0.39 is 0 Å². The molecule has 0 saturated carbocycles. The largest absolute Gasteiger partial charge is 0.381 e. The molecule has 1 aliphatic heterocycles. The fourth-order valence-electron chi connectivity index (χ4n) is 1.68. The Hall–Kier alpha value is 0.0500. The summed E-state index contributed by atoms with van der Waals surface area (Å²) in [5.74, 6) is 1.89. The van der Waals surface area contributed by atoms with Gasteiger partial charge in [-0.15, -0.1) is 0 Å². The molecule has 1 rings (SSSR count). The highest BCUT2D eigenvalue weighted by atomic mass is 32.2. The van der Waals surface area contributed by atoms with E-state index in [0.717, 1.165) is 19.6 Å². The second-order valence-electron chi connectivity index (χ2n) is 3.77. The molecule has 0 spiro atoms. The summed E-state index contributed by atoms with van der Waals surface area (Å²) in [5, 5.41) is 0. The molecule has 0 aliphatic carbocycles. The van der Waals surface area contributed by atoms with Crippen molar-refractivity contribution in [3.8, 4) is 0 Å². The van der Waals surface area contributed by atoms with Crippen LogP contribution in [0.4, 0.5) is 0 Å². The summed E-state index contributed by atoms with van der Waals surface area (Å²) in [4.78, 5) is 0. The molecule has 1 nitrogen and oxygen atoms in total. The van der Waals surface area contributed by atoms with E-state index in [0.29, 0.717) is 5.92 Å². The monoisotopic (exact) mass is 200 g/mol. The minimum atomic E-state index is 0.711. The molecule has 0 bridgehead atoms. The predicted octanol–water partition coefficient (Wildman–Crippen LogP) is 3.11. The van der Waals surface area contributed by atoms with E-state index >= 15 is 0 Å². The summed E-state index contributed by atoms with van der Waals surface area (Å²) in [6, 6.07) is 0. The molecule has 0 aromatic heterocycles. The van der Waals surface area contributed by atoms with Crippen molar-refractivity contribution in [1.82, 2.24) is 0 Å². The van der Waals surface area contributed by atoms with Gasteiger partial charge in [0.2, 0.25) is 0 Å². The summed E-state index contributed by atoms with van der Waals surface area (Å²) < 4.78 is 5.53. The van der Waals surface area contributed by atoms with Crippen LogP contribution in [0.2, 0.25) is 0 Å². The highest BCUT2D eigenvalue weighted by molar-refractivity contribution is 7.98. The Morgan fingerprint density at radius 3 is 2.92 bits per heavy atom. The molecule has 1 unspecified atom stereocenters. The van der Waals surface area contributed by atoms with Crippen LogP contribution in [-0.2, 0) is 4.74 Å². The second-order valence-corrected chi connectivity index (χ2v) is 4.64. The van der Waals surface area contributed by atoms with Gasteiger partial charge in [-0.3, -0.25) is 0 Å². The molecule has 0 radical (unpaired) electrons. The van der Waals surface area contributed by atoms with E-state index in [4.69, 9.17) is 4.74 Å². The van der Waals surface area contributed by atoms with Crippen molar-refractivity contribution in [2.24, 2.45) is 5.92 Å². The van der Waals surface area contributed by atoms with Crippen molar-refractivity contribution in [2.45, 2.75) is 26.7 Å². The SMILES string of the molecule is CSC/C1=C(/C)C(C)CCOCC1. The van der Waals surface area contributed by atoms with Gasteiger partial charge < -0.3 is 4.74 Å². The van der Waals surface area contributed by atoms with Crippen molar-refractivity contribution in [2.75, 3.05) is 25.2 Å². The molecule has 0 N–H and O–H groups in total. The maximum Gasteiger partial charge on any atom is 0.0503 e. The summed E-state index contributed by atoms with van der Waals surface area (Å²) in [6.07, 6.45) is 4.49. The van der Waals surface area contributed by atoms with Crippen LogP contribution in [0.15, 0.2) is 11.1 Å². The van der Waals surface area contributed by atoms with Crippen molar-refractivity contribution < 1.29 is 4.74 Å². The van der Waals surface area contributed by atoms with Crippen LogP contribution in [0.1, 0.15) is 26.7 Å². The summed E-state index contributed by atoms with van der Waals surface area (Å²) in [5.41, 5.74) is 3.22. The minimum Gasteiger partial charge on any atom is -0.381 e. The summed E-state index contributed by atoms with van der Waals surface area (Å²) >= 11 is 1.92. The van der Waals surface area contributed by atoms with E-state index in [2.05, 4.69) is 20.1 Å². The molecule has 2 heteroatoms. The quantitative estimate of drug-likeness (QED) is 0.633. The van der Waals surface area contributed by atoms with Crippen molar-refractivity contribution >= 4 is 11.8 Å². The Labute approximate surface area is 85.9 Å². The van der Waals surface area contributed by atoms with Gasteiger partial charge in [-0.1, -0.05) is 18.1 Å². The molecule has 1 atom stereocenters. The van der Waals surface area contributed by atoms with Gasteiger partial charge in [0.1, 0.15) is 0 Å². The van der Waals surface area contributed by atoms with E-state index in [1.54, 1.807) is 11.1 Å². The lowest BCUT2D eigenvalue weighted by Crippen LogP contribution is -2.12. The first-order valence-electron chi connectivity index (χ1n) is 5.01. The topological polar surface area (TPSA) is 9.23 Å². The summed E-state index contributed by atoms with van der Waals surface area (Å²) in [6.45, 7) is 6.46. The standard InChI is InChI=1S/C11H20OS/c1-9-4-6-12-7-5-11(8-13-3)10(9)2/h9H,4-8H2,1-3H3/b11-10-. The number of hydrogen-bond donors (Lipinski definition) is 0. The van der Waals surface area contributed by atoms with E-state index in [1.807, 2.05) is 11.8 Å². The average Bonchev–Trinajstić information content (AvgIpc) is 2.12. The maximum absolute atomic E-state index is 5.53. The molecule has 13 heavy (non-hydrogen) atoms. The molecule has 0 saturated heterocycles. The molecule has 0 aromatic rings. The number of rotatable bonds is 2. The highest BCUT2D eigenvalue weighted by Gasteiger charge is 2.12.